The molecule has 0 atom stereocenters. The molecular weight excluding hydrogens is 400 g/mol. The molecule has 1 aliphatic heterocycles. The van der Waals surface area contributed by atoms with Crippen LogP contribution in [0, 0.1) is 0 Å². The van der Waals surface area contributed by atoms with Crippen LogP contribution in [0.4, 0.5) is 0 Å². The molecule has 1 aliphatic rings. The predicted molar refractivity (Wildman–Crippen MR) is 120 cm³/mol. The van der Waals surface area contributed by atoms with Crippen molar-refractivity contribution in [2.45, 2.75) is 19.6 Å². The molecule has 6 nitrogen and oxygen atoms in total. The number of hydrogen-bond donors (Lipinski definition) is 1. The maximum atomic E-state index is 12.7. The van der Waals surface area contributed by atoms with Crippen LogP contribution in [0.25, 0.3) is 16.6 Å². The molecule has 0 unspecified atom stereocenters. The van der Waals surface area contributed by atoms with Crippen molar-refractivity contribution < 1.29 is 4.74 Å². The van der Waals surface area contributed by atoms with Gasteiger partial charge in [-0.25, -0.2) is 0 Å². The zero-order valence-corrected chi connectivity index (χ0v) is 17.5. The second kappa shape index (κ2) is 8.34. The number of fused-ring (bicyclic) bond motifs is 3. The Bertz CT molecular complexity index is 1250. The number of aromatic nitrogens is 3. The average Bonchev–Trinajstić information content (AvgIpc) is 3.05. The van der Waals surface area contributed by atoms with Crippen LogP contribution in [0.5, 0.6) is 5.75 Å². The number of nitrogens with zero attached hydrogens (tertiary/aromatic N) is 3. The quantitative estimate of drug-likeness (QED) is 0.547. The molecule has 0 aliphatic carbocycles. The minimum absolute atomic E-state index is 0. The van der Waals surface area contributed by atoms with E-state index in [1.807, 2.05) is 42.5 Å². The summed E-state index contributed by atoms with van der Waals surface area (Å²) < 4.78 is 9.37. The largest absolute Gasteiger partial charge is 0.487 e. The van der Waals surface area contributed by atoms with Crippen LogP contribution in [0.1, 0.15) is 16.8 Å². The van der Waals surface area contributed by atoms with Crippen LogP contribution in [-0.2, 0) is 26.6 Å². The van der Waals surface area contributed by atoms with Crippen LogP contribution >= 0.6 is 12.4 Å². The SMILES string of the molecule is Cl.Cn1c2c(c3ccc(-n4ncc(OCc5ccccc5)cc4=O)cc31)CNCC2. The Morgan fingerprint density at radius 3 is 2.77 bits per heavy atom. The van der Waals surface area contributed by atoms with Gasteiger partial charge in [-0.1, -0.05) is 36.4 Å². The average molecular weight is 423 g/mol. The Morgan fingerprint density at radius 2 is 1.97 bits per heavy atom. The summed E-state index contributed by atoms with van der Waals surface area (Å²) in [6.45, 7) is 2.29. The first kappa shape index (κ1) is 20.2. The number of benzene rings is 2. The normalized spacial score (nSPS) is 13.0. The van der Waals surface area contributed by atoms with Gasteiger partial charge in [-0.3, -0.25) is 4.79 Å². The molecule has 0 spiro atoms. The molecule has 0 saturated carbocycles. The molecule has 2 aromatic heterocycles. The number of ether oxygens (including phenoxy) is 1. The molecule has 1 N–H and O–H groups in total. The molecule has 0 radical (unpaired) electrons. The molecule has 7 heteroatoms. The third kappa shape index (κ3) is 3.60. The van der Waals surface area contributed by atoms with Crippen molar-refractivity contribution in [3.05, 3.63) is 88.0 Å². The van der Waals surface area contributed by atoms with E-state index in [-0.39, 0.29) is 18.0 Å². The highest BCUT2D eigenvalue weighted by atomic mass is 35.5. The second-order valence-electron chi connectivity index (χ2n) is 7.33. The highest BCUT2D eigenvalue weighted by Gasteiger charge is 2.18. The van der Waals surface area contributed by atoms with Crippen LogP contribution in [-0.4, -0.2) is 20.9 Å². The first-order valence-corrected chi connectivity index (χ1v) is 9.78. The van der Waals surface area contributed by atoms with Crippen molar-refractivity contribution in [3.8, 4) is 11.4 Å². The first-order chi connectivity index (χ1) is 14.2. The summed E-state index contributed by atoms with van der Waals surface area (Å²) in [6, 6.07) is 17.4. The number of rotatable bonds is 4. The van der Waals surface area contributed by atoms with Gasteiger partial charge >= 0.3 is 0 Å². The Balaban J connectivity index is 0.00000218. The van der Waals surface area contributed by atoms with Gasteiger partial charge < -0.3 is 14.6 Å². The van der Waals surface area contributed by atoms with Gasteiger partial charge in [0.05, 0.1) is 17.4 Å². The Morgan fingerprint density at radius 1 is 1.13 bits per heavy atom. The molecular formula is C23H23ClN4O2. The Hall–Kier alpha value is -3.09. The lowest BCUT2D eigenvalue weighted by molar-refractivity contribution is 0.303. The van der Waals surface area contributed by atoms with Gasteiger partial charge in [0.15, 0.2) is 0 Å². The molecule has 0 fully saturated rings. The molecule has 30 heavy (non-hydrogen) atoms. The minimum atomic E-state index is -0.212. The van der Waals surface area contributed by atoms with Gasteiger partial charge in [0.25, 0.3) is 5.56 Å². The maximum Gasteiger partial charge on any atom is 0.275 e. The summed E-state index contributed by atoms with van der Waals surface area (Å²) in [4.78, 5) is 12.7. The van der Waals surface area contributed by atoms with Gasteiger partial charge in [-0.15, -0.1) is 12.4 Å². The fraction of sp³-hybridized carbons (Fsp3) is 0.217. The highest BCUT2D eigenvalue weighted by Crippen LogP contribution is 2.29. The van der Waals surface area contributed by atoms with Crippen LogP contribution < -0.4 is 15.6 Å². The first-order valence-electron chi connectivity index (χ1n) is 9.78. The maximum absolute atomic E-state index is 12.7. The highest BCUT2D eigenvalue weighted by molar-refractivity contribution is 5.87. The lowest BCUT2D eigenvalue weighted by Gasteiger charge is -2.14. The van der Waals surface area contributed by atoms with E-state index in [0.29, 0.717) is 12.4 Å². The Kier molecular flexibility index (Phi) is 5.61. The summed E-state index contributed by atoms with van der Waals surface area (Å²) in [5.41, 5.74) is 5.42. The van der Waals surface area contributed by atoms with Crippen molar-refractivity contribution in [3.63, 3.8) is 0 Å². The molecule has 0 amide bonds. The van der Waals surface area contributed by atoms with E-state index in [9.17, 15) is 4.79 Å². The lowest BCUT2D eigenvalue weighted by Crippen LogP contribution is -2.24. The number of nitrogens with one attached hydrogen (secondary N) is 1. The van der Waals surface area contributed by atoms with Crippen molar-refractivity contribution in [2.24, 2.45) is 7.05 Å². The fourth-order valence-electron chi connectivity index (χ4n) is 4.03. The van der Waals surface area contributed by atoms with E-state index in [0.717, 1.165) is 36.3 Å². The van der Waals surface area contributed by atoms with Gasteiger partial charge in [-0.05, 0) is 23.3 Å². The predicted octanol–water partition coefficient (Wildman–Crippen LogP) is 3.37. The second-order valence-corrected chi connectivity index (χ2v) is 7.33. The van der Waals surface area contributed by atoms with Crippen LogP contribution in [0.3, 0.4) is 0 Å². The standard InChI is InChI=1S/C23H22N4O2.ClH/c1-26-21-9-10-24-14-20(21)19-8-7-17(11-22(19)26)27-23(28)12-18(13-25-27)29-15-16-5-3-2-4-6-16;/h2-8,11-13,24H,9-10,14-15H2,1H3;1H. The van der Waals surface area contributed by atoms with E-state index >= 15 is 0 Å². The van der Waals surface area contributed by atoms with E-state index in [1.165, 1.54) is 27.4 Å². The van der Waals surface area contributed by atoms with Crippen LogP contribution in [0.2, 0.25) is 0 Å². The number of hydrogen-bond acceptors (Lipinski definition) is 4. The molecule has 3 heterocycles. The molecule has 154 valence electrons. The summed E-state index contributed by atoms with van der Waals surface area (Å²) in [5.74, 6) is 0.469. The zero-order chi connectivity index (χ0) is 19.8. The molecule has 2 aromatic carbocycles. The van der Waals surface area contributed by atoms with Crippen molar-refractivity contribution in [1.82, 2.24) is 19.7 Å². The van der Waals surface area contributed by atoms with Crippen molar-refractivity contribution in [2.75, 3.05) is 6.54 Å². The topological polar surface area (TPSA) is 61.1 Å². The van der Waals surface area contributed by atoms with Crippen molar-refractivity contribution in [1.29, 1.82) is 0 Å². The van der Waals surface area contributed by atoms with E-state index < -0.39 is 0 Å². The van der Waals surface area contributed by atoms with E-state index in [2.05, 4.69) is 28.1 Å². The van der Waals surface area contributed by atoms with Gasteiger partial charge in [-0.2, -0.15) is 9.78 Å². The summed E-state index contributed by atoms with van der Waals surface area (Å²) in [5, 5.41) is 9.00. The van der Waals surface area contributed by atoms with E-state index in [1.54, 1.807) is 6.20 Å². The molecule has 0 saturated heterocycles. The van der Waals surface area contributed by atoms with Crippen LogP contribution in [0.15, 0.2) is 65.6 Å². The molecule has 4 aromatic rings. The smallest absolute Gasteiger partial charge is 0.275 e. The molecule has 0 bridgehead atoms. The third-order valence-corrected chi connectivity index (χ3v) is 5.53. The Labute approximate surface area is 180 Å². The van der Waals surface area contributed by atoms with Gasteiger partial charge in [0.2, 0.25) is 0 Å². The minimum Gasteiger partial charge on any atom is -0.487 e. The lowest BCUT2D eigenvalue weighted by atomic mass is 10.1. The fourth-order valence-corrected chi connectivity index (χ4v) is 4.03. The third-order valence-electron chi connectivity index (χ3n) is 5.53. The number of aryl methyl sites for hydroxylation is 1. The summed E-state index contributed by atoms with van der Waals surface area (Å²) in [6.07, 6.45) is 2.61. The summed E-state index contributed by atoms with van der Waals surface area (Å²) in [7, 11) is 2.09. The van der Waals surface area contributed by atoms with Gasteiger partial charge in [0.1, 0.15) is 12.4 Å². The van der Waals surface area contributed by atoms with E-state index in [4.69, 9.17) is 4.74 Å². The monoisotopic (exact) mass is 422 g/mol. The number of halogens is 1. The van der Waals surface area contributed by atoms with Crippen molar-refractivity contribution >= 4 is 23.3 Å². The van der Waals surface area contributed by atoms with Gasteiger partial charge in [0, 0.05) is 43.7 Å². The zero-order valence-electron chi connectivity index (χ0n) is 16.7. The summed E-state index contributed by atoms with van der Waals surface area (Å²) >= 11 is 0. The molecule has 5 rings (SSSR count).